The van der Waals surface area contributed by atoms with Gasteiger partial charge in [-0.2, -0.15) is 5.26 Å². The predicted octanol–water partition coefficient (Wildman–Crippen LogP) is 4.18. The fraction of sp³-hybridized carbons (Fsp3) is 0.0769. The van der Waals surface area contributed by atoms with Gasteiger partial charge in [0.2, 0.25) is 0 Å². The van der Waals surface area contributed by atoms with Gasteiger partial charge in [0.15, 0.2) is 0 Å². The molecule has 0 saturated carbocycles. The molecule has 5 heteroatoms. The van der Waals surface area contributed by atoms with Crippen LogP contribution in [0.5, 0.6) is 0 Å². The molecule has 1 aromatic heterocycles. The molecular formula is C13H7Cl2FN2. The Morgan fingerprint density at radius 1 is 1.22 bits per heavy atom. The number of benzene rings is 1. The second-order valence-electron chi connectivity index (χ2n) is 3.61. The summed E-state index contributed by atoms with van der Waals surface area (Å²) in [5, 5.41) is 9.73. The average Bonchev–Trinajstić information content (AvgIpc) is 2.33. The smallest absolute Gasteiger partial charge is 0.129 e. The number of rotatable bonds is 2. The Labute approximate surface area is 114 Å². The summed E-state index contributed by atoms with van der Waals surface area (Å²) in [5.41, 5.74) is 0.642. The van der Waals surface area contributed by atoms with E-state index in [1.807, 2.05) is 6.07 Å². The molecule has 0 radical (unpaired) electrons. The van der Waals surface area contributed by atoms with Crippen molar-refractivity contribution in [3.8, 4) is 6.07 Å². The van der Waals surface area contributed by atoms with Crippen molar-refractivity contribution in [3.05, 3.63) is 63.6 Å². The molecule has 0 aliphatic rings. The lowest BCUT2D eigenvalue weighted by Gasteiger charge is -2.10. The summed E-state index contributed by atoms with van der Waals surface area (Å²) in [4.78, 5) is 4.03. The van der Waals surface area contributed by atoms with Crippen molar-refractivity contribution in [2.75, 3.05) is 0 Å². The largest absolute Gasteiger partial charge is 0.239 e. The molecule has 1 atom stereocenters. The molecule has 0 bridgehead atoms. The molecule has 0 saturated heterocycles. The van der Waals surface area contributed by atoms with Crippen LogP contribution in [0, 0.1) is 17.1 Å². The number of nitriles is 1. The Morgan fingerprint density at radius 3 is 2.61 bits per heavy atom. The highest BCUT2D eigenvalue weighted by Crippen LogP contribution is 2.27. The Balaban J connectivity index is 2.49. The van der Waals surface area contributed by atoms with Gasteiger partial charge in [0.05, 0.1) is 11.8 Å². The minimum absolute atomic E-state index is 0.233. The fourth-order valence-electron chi connectivity index (χ4n) is 1.62. The molecule has 0 amide bonds. The Kier molecular flexibility index (Phi) is 3.81. The van der Waals surface area contributed by atoms with E-state index in [2.05, 4.69) is 4.98 Å². The molecule has 0 N–H and O–H groups in total. The molecule has 2 aromatic rings. The van der Waals surface area contributed by atoms with E-state index in [1.165, 1.54) is 18.2 Å². The van der Waals surface area contributed by atoms with Crippen molar-refractivity contribution in [2.45, 2.75) is 5.92 Å². The Bertz CT molecular complexity index is 623. The molecule has 0 spiro atoms. The predicted molar refractivity (Wildman–Crippen MR) is 68.1 cm³/mol. The number of pyridine rings is 1. The van der Waals surface area contributed by atoms with E-state index in [4.69, 9.17) is 23.2 Å². The van der Waals surface area contributed by atoms with Crippen LogP contribution in [0.15, 0.2) is 36.4 Å². The van der Waals surface area contributed by atoms with Crippen LogP contribution in [-0.4, -0.2) is 4.98 Å². The third-order valence-corrected chi connectivity index (χ3v) is 2.88. The summed E-state index contributed by atoms with van der Waals surface area (Å²) in [6, 6.07) is 11.1. The molecule has 0 aliphatic carbocycles. The second-order valence-corrected chi connectivity index (χ2v) is 4.44. The first-order valence-electron chi connectivity index (χ1n) is 5.09. The summed E-state index contributed by atoms with van der Waals surface area (Å²) in [6.07, 6.45) is 0. The minimum Gasteiger partial charge on any atom is -0.239 e. The Hall–Kier alpha value is -1.63. The molecule has 1 aromatic carbocycles. The number of hydrogen-bond acceptors (Lipinski definition) is 2. The van der Waals surface area contributed by atoms with Crippen LogP contribution in [0.25, 0.3) is 0 Å². The van der Waals surface area contributed by atoms with Crippen molar-refractivity contribution in [2.24, 2.45) is 0 Å². The van der Waals surface area contributed by atoms with Gasteiger partial charge in [-0.3, -0.25) is 0 Å². The summed E-state index contributed by atoms with van der Waals surface area (Å²) in [5.74, 6) is -1.34. The van der Waals surface area contributed by atoms with E-state index in [0.29, 0.717) is 5.69 Å². The molecule has 18 heavy (non-hydrogen) atoms. The van der Waals surface area contributed by atoms with Crippen molar-refractivity contribution < 1.29 is 4.39 Å². The van der Waals surface area contributed by atoms with E-state index in [-0.39, 0.29) is 15.7 Å². The molecular weight excluding hydrogens is 274 g/mol. The quantitative estimate of drug-likeness (QED) is 0.774. The van der Waals surface area contributed by atoms with Crippen LogP contribution in [0.1, 0.15) is 17.2 Å². The zero-order valence-corrected chi connectivity index (χ0v) is 10.6. The maximum Gasteiger partial charge on any atom is 0.129 e. The monoisotopic (exact) mass is 280 g/mol. The number of nitrogens with zero attached hydrogens (tertiary/aromatic N) is 2. The summed E-state index contributed by atoms with van der Waals surface area (Å²) in [7, 11) is 0. The van der Waals surface area contributed by atoms with Gasteiger partial charge in [0, 0.05) is 10.6 Å². The van der Waals surface area contributed by atoms with Crippen LogP contribution < -0.4 is 0 Å². The van der Waals surface area contributed by atoms with Crippen LogP contribution in [-0.2, 0) is 0 Å². The van der Waals surface area contributed by atoms with Crippen molar-refractivity contribution >= 4 is 23.2 Å². The van der Waals surface area contributed by atoms with Gasteiger partial charge in [0.1, 0.15) is 16.9 Å². The zero-order chi connectivity index (χ0) is 13.1. The maximum absolute atomic E-state index is 13.8. The fourth-order valence-corrected chi connectivity index (χ4v) is 1.94. The van der Waals surface area contributed by atoms with Crippen LogP contribution in [0.2, 0.25) is 10.2 Å². The van der Waals surface area contributed by atoms with E-state index >= 15 is 0 Å². The van der Waals surface area contributed by atoms with Gasteiger partial charge in [-0.05, 0) is 24.3 Å². The van der Waals surface area contributed by atoms with Crippen molar-refractivity contribution in [1.82, 2.24) is 4.98 Å². The van der Waals surface area contributed by atoms with Crippen molar-refractivity contribution in [1.29, 1.82) is 5.26 Å². The molecule has 2 nitrogen and oxygen atoms in total. The third kappa shape index (κ3) is 2.61. The van der Waals surface area contributed by atoms with Gasteiger partial charge >= 0.3 is 0 Å². The van der Waals surface area contributed by atoms with Gasteiger partial charge < -0.3 is 0 Å². The van der Waals surface area contributed by atoms with E-state index in [9.17, 15) is 9.65 Å². The lowest BCUT2D eigenvalue weighted by atomic mass is 9.96. The second kappa shape index (κ2) is 5.34. The molecule has 1 unspecified atom stereocenters. The molecule has 2 rings (SSSR count). The first-order chi connectivity index (χ1) is 8.61. The molecule has 90 valence electrons. The number of hydrogen-bond donors (Lipinski definition) is 0. The Morgan fingerprint density at radius 2 is 2.00 bits per heavy atom. The number of halogens is 3. The van der Waals surface area contributed by atoms with E-state index in [0.717, 1.165) is 0 Å². The lowest BCUT2D eigenvalue weighted by Crippen LogP contribution is -2.03. The molecule has 1 heterocycles. The first kappa shape index (κ1) is 12.8. The standard InChI is InChI=1S/C13H7Cl2FN2/c14-8-4-5-9(11(16)6-8)10(7-17)12-2-1-3-13(15)18-12/h1-6,10H. The highest BCUT2D eigenvalue weighted by molar-refractivity contribution is 6.30. The maximum atomic E-state index is 13.8. The van der Waals surface area contributed by atoms with Crippen LogP contribution in [0.4, 0.5) is 4.39 Å². The summed E-state index contributed by atoms with van der Waals surface area (Å²) < 4.78 is 13.8. The van der Waals surface area contributed by atoms with Gasteiger partial charge in [-0.15, -0.1) is 0 Å². The molecule has 0 aliphatic heterocycles. The number of aromatic nitrogens is 1. The van der Waals surface area contributed by atoms with Crippen LogP contribution >= 0.6 is 23.2 Å². The van der Waals surface area contributed by atoms with Gasteiger partial charge in [0.25, 0.3) is 0 Å². The summed E-state index contributed by atoms with van der Waals surface area (Å²) >= 11 is 11.4. The first-order valence-corrected chi connectivity index (χ1v) is 5.84. The summed E-state index contributed by atoms with van der Waals surface area (Å²) in [6.45, 7) is 0. The van der Waals surface area contributed by atoms with E-state index in [1.54, 1.807) is 18.2 Å². The zero-order valence-electron chi connectivity index (χ0n) is 9.07. The molecule has 0 fully saturated rings. The normalized spacial score (nSPS) is 11.9. The highest BCUT2D eigenvalue weighted by Gasteiger charge is 2.19. The van der Waals surface area contributed by atoms with Gasteiger partial charge in [-0.1, -0.05) is 35.3 Å². The van der Waals surface area contributed by atoms with E-state index < -0.39 is 11.7 Å². The van der Waals surface area contributed by atoms with Gasteiger partial charge in [-0.25, -0.2) is 9.37 Å². The average molecular weight is 281 g/mol. The minimum atomic E-state index is -0.805. The SMILES string of the molecule is N#CC(c1cccc(Cl)n1)c1ccc(Cl)cc1F. The van der Waals surface area contributed by atoms with Crippen LogP contribution in [0.3, 0.4) is 0 Å². The van der Waals surface area contributed by atoms with Crippen molar-refractivity contribution in [3.63, 3.8) is 0 Å². The topological polar surface area (TPSA) is 36.7 Å². The highest BCUT2D eigenvalue weighted by atomic mass is 35.5. The lowest BCUT2D eigenvalue weighted by molar-refractivity contribution is 0.608. The third-order valence-electron chi connectivity index (χ3n) is 2.44.